The van der Waals surface area contributed by atoms with Crippen molar-refractivity contribution < 1.29 is 9.59 Å². The second kappa shape index (κ2) is 8.67. The quantitative estimate of drug-likeness (QED) is 0.636. The minimum atomic E-state index is -0.305. The van der Waals surface area contributed by atoms with E-state index in [0.717, 1.165) is 41.2 Å². The highest BCUT2D eigenvalue weighted by atomic mass is 32.1. The van der Waals surface area contributed by atoms with Crippen LogP contribution in [0.15, 0.2) is 54.6 Å². The Morgan fingerprint density at radius 3 is 2.47 bits per heavy atom. The van der Waals surface area contributed by atoms with Crippen LogP contribution < -0.4 is 15.5 Å². The lowest BCUT2D eigenvalue weighted by atomic mass is 9.90. The molecule has 0 radical (unpaired) electrons. The Balaban J connectivity index is 1.48. The zero-order valence-corrected chi connectivity index (χ0v) is 17.8. The van der Waals surface area contributed by atoms with Gasteiger partial charge in [-0.1, -0.05) is 18.2 Å². The third-order valence-corrected chi connectivity index (χ3v) is 6.22. The highest BCUT2D eigenvalue weighted by Crippen LogP contribution is 2.37. The third kappa shape index (κ3) is 4.36. The van der Waals surface area contributed by atoms with Gasteiger partial charge in [0.05, 0.1) is 11.6 Å². The molecule has 1 heterocycles. The fourth-order valence-electron chi connectivity index (χ4n) is 3.56. The summed E-state index contributed by atoms with van der Waals surface area (Å²) in [5, 5.41) is 6.43. The Morgan fingerprint density at radius 2 is 1.77 bits per heavy atom. The number of benzene rings is 2. The molecule has 2 amide bonds. The van der Waals surface area contributed by atoms with Crippen molar-refractivity contribution in [3.05, 3.63) is 70.7 Å². The summed E-state index contributed by atoms with van der Waals surface area (Å²) in [6.07, 6.45) is 2.57. The van der Waals surface area contributed by atoms with Crippen molar-refractivity contribution in [2.24, 2.45) is 0 Å². The lowest BCUT2D eigenvalue weighted by Gasteiger charge is -2.20. The molecular formula is C23H24N4O2S. The van der Waals surface area contributed by atoms with Crippen molar-refractivity contribution >= 4 is 39.7 Å². The highest BCUT2D eigenvalue weighted by molar-refractivity contribution is 7.16. The average molecular weight is 421 g/mol. The minimum absolute atomic E-state index is 0.0558. The van der Waals surface area contributed by atoms with E-state index in [9.17, 15) is 9.59 Å². The normalized spacial score (nSPS) is 15.2. The zero-order valence-electron chi connectivity index (χ0n) is 17.0. The maximum Gasteiger partial charge on any atom is 0.257 e. The van der Waals surface area contributed by atoms with Crippen LogP contribution in [0.2, 0.25) is 0 Å². The van der Waals surface area contributed by atoms with E-state index in [-0.39, 0.29) is 17.7 Å². The predicted molar refractivity (Wildman–Crippen MR) is 122 cm³/mol. The molecule has 0 fully saturated rings. The first kappa shape index (κ1) is 20.1. The summed E-state index contributed by atoms with van der Waals surface area (Å²) in [5.74, 6) is -0.552. The molecule has 1 aromatic heterocycles. The van der Waals surface area contributed by atoms with Gasteiger partial charge in [-0.2, -0.15) is 0 Å². The zero-order chi connectivity index (χ0) is 21.1. The van der Waals surface area contributed by atoms with Crippen molar-refractivity contribution in [2.45, 2.75) is 25.2 Å². The second-order valence-corrected chi connectivity index (χ2v) is 8.61. The molecule has 6 nitrogen and oxygen atoms in total. The third-order valence-electron chi connectivity index (χ3n) is 5.18. The molecule has 0 spiro atoms. The van der Waals surface area contributed by atoms with Crippen LogP contribution in [0.5, 0.6) is 0 Å². The van der Waals surface area contributed by atoms with Crippen molar-refractivity contribution in [3.8, 4) is 0 Å². The molecule has 7 heteroatoms. The van der Waals surface area contributed by atoms with Gasteiger partial charge in [0.15, 0.2) is 5.13 Å². The lowest BCUT2D eigenvalue weighted by molar-refractivity contribution is -0.117. The Morgan fingerprint density at radius 1 is 1.03 bits per heavy atom. The molecule has 1 aliphatic carbocycles. The van der Waals surface area contributed by atoms with Crippen LogP contribution in [0.25, 0.3) is 0 Å². The summed E-state index contributed by atoms with van der Waals surface area (Å²) in [5.41, 5.74) is 3.22. The molecule has 154 valence electrons. The van der Waals surface area contributed by atoms with Crippen LogP contribution in [0.3, 0.4) is 0 Å². The fraction of sp³-hybridized carbons (Fsp3) is 0.261. The number of carbonyl (C=O) groups is 2. The van der Waals surface area contributed by atoms with Crippen molar-refractivity contribution in [1.29, 1.82) is 0 Å². The van der Waals surface area contributed by atoms with Crippen molar-refractivity contribution in [1.82, 2.24) is 4.98 Å². The number of rotatable bonds is 5. The van der Waals surface area contributed by atoms with Crippen molar-refractivity contribution in [2.75, 3.05) is 29.6 Å². The first-order valence-electron chi connectivity index (χ1n) is 9.95. The maximum atomic E-state index is 13.0. The number of carbonyl (C=O) groups excluding carboxylic acids is 2. The van der Waals surface area contributed by atoms with Gasteiger partial charge in [-0.05, 0) is 55.7 Å². The number of anilines is 3. The smallest absolute Gasteiger partial charge is 0.257 e. The van der Waals surface area contributed by atoms with E-state index in [1.807, 2.05) is 61.5 Å². The summed E-state index contributed by atoms with van der Waals surface area (Å²) < 4.78 is 0. The fourth-order valence-corrected chi connectivity index (χ4v) is 4.62. The summed E-state index contributed by atoms with van der Waals surface area (Å²) >= 11 is 1.46. The van der Waals surface area contributed by atoms with Gasteiger partial charge in [-0.3, -0.25) is 14.9 Å². The van der Waals surface area contributed by atoms with E-state index < -0.39 is 0 Å². The molecule has 2 N–H and O–H groups in total. The van der Waals surface area contributed by atoms with E-state index in [0.29, 0.717) is 10.7 Å². The van der Waals surface area contributed by atoms with Crippen LogP contribution in [0, 0.1) is 0 Å². The van der Waals surface area contributed by atoms with E-state index in [1.165, 1.54) is 11.3 Å². The second-order valence-electron chi connectivity index (χ2n) is 7.52. The average Bonchev–Trinajstić information content (AvgIpc) is 3.17. The van der Waals surface area contributed by atoms with E-state index in [2.05, 4.69) is 15.6 Å². The van der Waals surface area contributed by atoms with Gasteiger partial charge in [0.25, 0.3) is 5.91 Å². The molecule has 0 aliphatic heterocycles. The van der Waals surface area contributed by atoms with Gasteiger partial charge in [0.1, 0.15) is 0 Å². The maximum absolute atomic E-state index is 13.0. The van der Waals surface area contributed by atoms with Crippen LogP contribution in [0.4, 0.5) is 16.5 Å². The molecule has 4 rings (SSSR count). The molecule has 30 heavy (non-hydrogen) atoms. The van der Waals surface area contributed by atoms with Gasteiger partial charge < -0.3 is 10.2 Å². The number of thiazole rings is 1. The standard InChI is InChI=1S/C23H24N4O2S/c1-27(2)17-13-11-16(12-14-17)24-22(29)18-9-6-10-19-20(18)25-23(30-19)26-21(28)15-7-4-3-5-8-15/h3-5,7-8,11-14,18H,6,9-10H2,1-2H3,(H,24,29)(H,25,26,28). The first-order valence-corrected chi connectivity index (χ1v) is 10.8. The van der Waals surface area contributed by atoms with Crippen molar-refractivity contribution in [3.63, 3.8) is 0 Å². The molecule has 1 aliphatic rings. The largest absolute Gasteiger partial charge is 0.378 e. The number of fused-ring (bicyclic) bond motifs is 1. The predicted octanol–water partition coefficient (Wildman–Crippen LogP) is 4.52. The van der Waals surface area contributed by atoms with E-state index in [1.54, 1.807) is 12.1 Å². The number of nitrogens with one attached hydrogen (secondary N) is 2. The van der Waals surface area contributed by atoms with Gasteiger partial charge in [-0.25, -0.2) is 4.98 Å². The lowest BCUT2D eigenvalue weighted by Crippen LogP contribution is -2.24. The number of aryl methyl sites for hydroxylation is 1. The number of amides is 2. The van der Waals surface area contributed by atoms with Crippen LogP contribution >= 0.6 is 11.3 Å². The minimum Gasteiger partial charge on any atom is -0.378 e. The molecule has 2 aromatic carbocycles. The number of aromatic nitrogens is 1. The molecule has 3 aromatic rings. The molecule has 0 saturated carbocycles. The monoisotopic (exact) mass is 420 g/mol. The molecule has 1 unspecified atom stereocenters. The Hall–Kier alpha value is -3.19. The summed E-state index contributed by atoms with van der Waals surface area (Å²) in [6, 6.07) is 16.8. The summed E-state index contributed by atoms with van der Waals surface area (Å²) in [6.45, 7) is 0. The van der Waals surface area contributed by atoms with Gasteiger partial charge in [0, 0.05) is 35.9 Å². The molecular weight excluding hydrogens is 396 g/mol. The first-order chi connectivity index (χ1) is 14.5. The highest BCUT2D eigenvalue weighted by Gasteiger charge is 2.30. The number of nitrogens with zero attached hydrogens (tertiary/aromatic N) is 2. The Labute approximate surface area is 180 Å². The van der Waals surface area contributed by atoms with E-state index in [4.69, 9.17) is 0 Å². The number of hydrogen-bond acceptors (Lipinski definition) is 5. The Bertz CT molecular complexity index is 1040. The molecule has 0 saturated heterocycles. The number of hydrogen-bond donors (Lipinski definition) is 2. The van der Waals surface area contributed by atoms with Crippen LogP contribution in [-0.2, 0) is 11.2 Å². The summed E-state index contributed by atoms with van der Waals surface area (Å²) in [4.78, 5) is 33.1. The Kier molecular flexibility index (Phi) is 5.81. The van der Waals surface area contributed by atoms with Crippen LogP contribution in [-0.4, -0.2) is 30.9 Å². The molecule has 0 bridgehead atoms. The summed E-state index contributed by atoms with van der Waals surface area (Å²) in [7, 11) is 3.96. The van der Waals surface area contributed by atoms with Gasteiger partial charge in [-0.15, -0.1) is 11.3 Å². The van der Waals surface area contributed by atoms with Gasteiger partial charge >= 0.3 is 0 Å². The van der Waals surface area contributed by atoms with E-state index >= 15 is 0 Å². The molecule has 1 atom stereocenters. The van der Waals surface area contributed by atoms with Gasteiger partial charge in [0.2, 0.25) is 5.91 Å². The topological polar surface area (TPSA) is 74.3 Å². The van der Waals surface area contributed by atoms with Crippen LogP contribution in [0.1, 0.15) is 39.7 Å². The SMILES string of the molecule is CN(C)c1ccc(NC(=O)C2CCCc3sc(NC(=O)c4ccccc4)nc32)cc1.